The van der Waals surface area contributed by atoms with Gasteiger partial charge in [0.2, 0.25) is 0 Å². The summed E-state index contributed by atoms with van der Waals surface area (Å²) in [5.41, 5.74) is 6.35. The monoisotopic (exact) mass is 270 g/mol. The minimum absolute atomic E-state index is 0.146. The lowest BCUT2D eigenvalue weighted by molar-refractivity contribution is 0.337. The van der Waals surface area contributed by atoms with E-state index in [1.807, 2.05) is 0 Å². The standard InChI is InChI=1S/C14H20ClFN2/c15-12-8-4-7-11(14(12)16)13(9-17)18-10-5-2-1-3-6-10/h4,7-8,10,13,18H,1-3,5-6,9,17H2. The molecule has 1 atom stereocenters. The first-order valence-corrected chi connectivity index (χ1v) is 7.00. The summed E-state index contributed by atoms with van der Waals surface area (Å²) >= 11 is 5.81. The van der Waals surface area contributed by atoms with E-state index in [1.54, 1.807) is 18.2 Å². The van der Waals surface area contributed by atoms with Gasteiger partial charge in [-0.3, -0.25) is 0 Å². The van der Waals surface area contributed by atoms with Gasteiger partial charge in [0.25, 0.3) is 0 Å². The van der Waals surface area contributed by atoms with E-state index < -0.39 is 0 Å². The van der Waals surface area contributed by atoms with Gasteiger partial charge in [0.05, 0.1) is 5.02 Å². The molecule has 2 rings (SSSR count). The van der Waals surface area contributed by atoms with Gasteiger partial charge in [0.15, 0.2) is 0 Å². The molecule has 2 nitrogen and oxygen atoms in total. The van der Waals surface area contributed by atoms with Crippen LogP contribution in [0.5, 0.6) is 0 Å². The van der Waals surface area contributed by atoms with Crippen molar-refractivity contribution in [3.63, 3.8) is 0 Å². The third-order valence-electron chi connectivity index (χ3n) is 3.63. The largest absolute Gasteiger partial charge is 0.329 e. The number of halogens is 2. The van der Waals surface area contributed by atoms with Gasteiger partial charge in [-0.2, -0.15) is 0 Å². The van der Waals surface area contributed by atoms with Crippen LogP contribution in [0.2, 0.25) is 5.02 Å². The molecule has 0 amide bonds. The van der Waals surface area contributed by atoms with E-state index in [0.717, 1.165) is 12.8 Å². The predicted octanol–water partition coefficient (Wildman–Crippen LogP) is 3.40. The van der Waals surface area contributed by atoms with Gasteiger partial charge >= 0.3 is 0 Å². The number of nitrogens with two attached hydrogens (primary N) is 1. The average Bonchev–Trinajstić information content (AvgIpc) is 2.41. The van der Waals surface area contributed by atoms with Crippen molar-refractivity contribution in [3.8, 4) is 0 Å². The molecule has 4 heteroatoms. The molecule has 0 aromatic heterocycles. The Morgan fingerprint density at radius 2 is 2.06 bits per heavy atom. The zero-order chi connectivity index (χ0) is 13.0. The van der Waals surface area contributed by atoms with Gasteiger partial charge in [0.1, 0.15) is 5.82 Å². The molecule has 18 heavy (non-hydrogen) atoms. The Morgan fingerprint density at radius 3 is 2.72 bits per heavy atom. The summed E-state index contributed by atoms with van der Waals surface area (Å²) in [4.78, 5) is 0. The summed E-state index contributed by atoms with van der Waals surface area (Å²) in [6.07, 6.45) is 6.09. The van der Waals surface area contributed by atoms with Crippen LogP contribution in [0.4, 0.5) is 4.39 Å². The zero-order valence-corrected chi connectivity index (χ0v) is 11.2. The fourth-order valence-corrected chi connectivity index (χ4v) is 2.81. The second-order valence-electron chi connectivity index (χ2n) is 4.93. The Bertz CT molecular complexity index is 391. The van der Waals surface area contributed by atoms with Crippen molar-refractivity contribution < 1.29 is 4.39 Å². The molecule has 0 saturated heterocycles. The van der Waals surface area contributed by atoms with Gasteiger partial charge in [-0.05, 0) is 18.9 Å². The molecule has 0 bridgehead atoms. The fraction of sp³-hybridized carbons (Fsp3) is 0.571. The molecule has 100 valence electrons. The highest BCUT2D eigenvalue weighted by molar-refractivity contribution is 6.30. The van der Waals surface area contributed by atoms with E-state index in [9.17, 15) is 4.39 Å². The molecule has 0 spiro atoms. The third-order valence-corrected chi connectivity index (χ3v) is 3.93. The van der Waals surface area contributed by atoms with Crippen molar-refractivity contribution in [3.05, 3.63) is 34.6 Å². The SMILES string of the molecule is NCC(NC1CCCCC1)c1cccc(Cl)c1F. The molecule has 1 aliphatic carbocycles. The molecule has 3 N–H and O–H groups in total. The summed E-state index contributed by atoms with van der Waals surface area (Å²) in [6, 6.07) is 5.40. The van der Waals surface area contributed by atoms with Crippen LogP contribution < -0.4 is 11.1 Å². The predicted molar refractivity (Wildman–Crippen MR) is 73.2 cm³/mol. The first-order valence-electron chi connectivity index (χ1n) is 6.62. The zero-order valence-electron chi connectivity index (χ0n) is 10.5. The van der Waals surface area contributed by atoms with Crippen LogP contribution in [-0.4, -0.2) is 12.6 Å². The molecule has 1 saturated carbocycles. The van der Waals surface area contributed by atoms with Crippen LogP contribution in [-0.2, 0) is 0 Å². The summed E-state index contributed by atoms with van der Waals surface area (Å²) in [5, 5.41) is 3.63. The van der Waals surface area contributed by atoms with Crippen LogP contribution in [0.25, 0.3) is 0 Å². The normalized spacial score (nSPS) is 18.8. The van der Waals surface area contributed by atoms with Gasteiger partial charge in [-0.25, -0.2) is 4.39 Å². The Labute approximate surface area is 113 Å². The maximum absolute atomic E-state index is 14.0. The summed E-state index contributed by atoms with van der Waals surface area (Å²) in [7, 11) is 0. The maximum Gasteiger partial charge on any atom is 0.146 e. The second-order valence-corrected chi connectivity index (χ2v) is 5.34. The van der Waals surface area contributed by atoms with Crippen molar-refractivity contribution in [2.75, 3.05) is 6.54 Å². The highest BCUT2D eigenvalue weighted by Crippen LogP contribution is 2.25. The molecular formula is C14H20ClFN2. The van der Waals surface area contributed by atoms with E-state index in [4.69, 9.17) is 17.3 Å². The number of rotatable bonds is 4. The molecule has 1 unspecified atom stereocenters. The topological polar surface area (TPSA) is 38.0 Å². The van der Waals surface area contributed by atoms with Gasteiger partial charge < -0.3 is 11.1 Å². The lowest BCUT2D eigenvalue weighted by Crippen LogP contribution is -2.38. The number of nitrogens with one attached hydrogen (secondary N) is 1. The summed E-state index contributed by atoms with van der Waals surface area (Å²) in [5.74, 6) is -0.349. The Hall–Kier alpha value is -0.640. The van der Waals surface area contributed by atoms with E-state index in [-0.39, 0.29) is 16.9 Å². The Balaban J connectivity index is 2.09. The molecule has 0 radical (unpaired) electrons. The maximum atomic E-state index is 14.0. The van der Waals surface area contributed by atoms with Crippen molar-refractivity contribution in [2.45, 2.75) is 44.2 Å². The molecule has 1 aliphatic rings. The second kappa shape index (κ2) is 6.50. The highest BCUT2D eigenvalue weighted by atomic mass is 35.5. The minimum atomic E-state index is -0.349. The van der Waals surface area contributed by atoms with E-state index >= 15 is 0 Å². The van der Waals surface area contributed by atoms with E-state index in [2.05, 4.69) is 5.32 Å². The van der Waals surface area contributed by atoms with Crippen LogP contribution in [0.3, 0.4) is 0 Å². The van der Waals surface area contributed by atoms with Crippen molar-refractivity contribution in [1.29, 1.82) is 0 Å². The van der Waals surface area contributed by atoms with Crippen molar-refractivity contribution >= 4 is 11.6 Å². The van der Waals surface area contributed by atoms with Crippen molar-refractivity contribution in [2.24, 2.45) is 5.73 Å². The fourth-order valence-electron chi connectivity index (χ4n) is 2.63. The highest BCUT2D eigenvalue weighted by Gasteiger charge is 2.21. The molecule has 0 heterocycles. The first kappa shape index (κ1) is 13.8. The Morgan fingerprint density at radius 1 is 1.33 bits per heavy atom. The summed E-state index contributed by atoms with van der Waals surface area (Å²) < 4.78 is 14.0. The van der Waals surface area contributed by atoms with Gasteiger partial charge in [0, 0.05) is 24.2 Å². The molecular weight excluding hydrogens is 251 g/mol. The number of hydrogen-bond acceptors (Lipinski definition) is 2. The van der Waals surface area contributed by atoms with Crippen LogP contribution >= 0.6 is 11.6 Å². The lowest BCUT2D eigenvalue weighted by Gasteiger charge is -2.28. The van der Waals surface area contributed by atoms with Crippen molar-refractivity contribution in [1.82, 2.24) is 5.32 Å². The van der Waals surface area contributed by atoms with Crippen LogP contribution in [0.1, 0.15) is 43.7 Å². The summed E-state index contributed by atoms with van der Waals surface area (Å²) in [6.45, 7) is 0.383. The average molecular weight is 271 g/mol. The molecule has 1 fully saturated rings. The molecule has 1 aromatic rings. The number of hydrogen-bond donors (Lipinski definition) is 2. The van der Waals surface area contributed by atoms with Gasteiger partial charge in [-0.1, -0.05) is 43.0 Å². The van der Waals surface area contributed by atoms with Gasteiger partial charge in [-0.15, -0.1) is 0 Å². The van der Waals surface area contributed by atoms with Crippen LogP contribution in [0, 0.1) is 5.82 Å². The lowest BCUT2D eigenvalue weighted by atomic mass is 9.94. The molecule has 0 aliphatic heterocycles. The first-order chi connectivity index (χ1) is 8.72. The number of benzene rings is 1. The van der Waals surface area contributed by atoms with Crippen LogP contribution in [0.15, 0.2) is 18.2 Å². The van der Waals surface area contributed by atoms with E-state index in [1.165, 1.54) is 19.3 Å². The minimum Gasteiger partial charge on any atom is -0.329 e. The smallest absolute Gasteiger partial charge is 0.146 e. The Kier molecular flexibility index (Phi) is 4.98. The quantitative estimate of drug-likeness (QED) is 0.880. The third kappa shape index (κ3) is 3.22. The molecule has 1 aromatic carbocycles. The van der Waals surface area contributed by atoms with E-state index in [0.29, 0.717) is 18.2 Å².